The Balaban J connectivity index is 2.39. The van der Waals surface area contributed by atoms with Gasteiger partial charge in [-0.1, -0.05) is 29.8 Å². The number of ketones is 1. The van der Waals surface area contributed by atoms with Crippen LogP contribution in [0.5, 0.6) is 0 Å². The zero-order valence-electron chi connectivity index (χ0n) is 8.46. The molecule has 1 aromatic heterocycles. The molecule has 0 radical (unpaired) electrons. The Bertz CT molecular complexity index is 528. The standard InChI is InChI=1S/C12H8Br2OS/c1-7-2-4-8(5-3-7)11(15)12-10(14)9(13)6-16-12/h2-6H,1H3. The summed E-state index contributed by atoms with van der Waals surface area (Å²) in [4.78, 5) is 12.9. The minimum absolute atomic E-state index is 0.0579. The molecule has 0 bridgehead atoms. The van der Waals surface area contributed by atoms with Gasteiger partial charge in [-0.25, -0.2) is 0 Å². The summed E-state index contributed by atoms with van der Waals surface area (Å²) in [5.41, 5.74) is 1.88. The Kier molecular flexibility index (Phi) is 3.62. The van der Waals surface area contributed by atoms with E-state index < -0.39 is 0 Å². The molecule has 1 aromatic carbocycles. The van der Waals surface area contributed by atoms with Crippen LogP contribution < -0.4 is 0 Å². The Labute approximate surface area is 115 Å². The van der Waals surface area contributed by atoms with Crippen molar-refractivity contribution in [2.45, 2.75) is 6.92 Å². The SMILES string of the molecule is Cc1ccc(C(=O)c2scc(Br)c2Br)cc1. The average Bonchev–Trinajstić information content (AvgIpc) is 2.60. The number of hydrogen-bond acceptors (Lipinski definition) is 2. The van der Waals surface area contributed by atoms with Gasteiger partial charge < -0.3 is 0 Å². The minimum atomic E-state index is 0.0579. The second kappa shape index (κ2) is 4.82. The number of thiophene rings is 1. The van der Waals surface area contributed by atoms with Gasteiger partial charge in [-0.3, -0.25) is 4.79 Å². The topological polar surface area (TPSA) is 17.1 Å². The molecule has 1 heterocycles. The third-order valence-corrected chi connectivity index (χ3v) is 5.73. The molecule has 2 aromatic rings. The highest BCUT2D eigenvalue weighted by Gasteiger charge is 2.16. The molecular formula is C12H8Br2OS. The summed E-state index contributed by atoms with van der Waals surface area (Å²) >= 11 is 8.23. The Morgan fingerprint density at radius 2 is 1.81 bits per heavy atom. The molecule has 0 spiro atoms. The van der Waals surface area contributed by atoms with Crippen LogP contribution in [0.1, 0.15) is 20.8 Å². The van der Waals surface area contributed by atoms with Crippen molar-refractivity contribution in [3.63, 3.8) is 0 Å². The van der Waals surface area contributed by atoms with Crippen LogP contribution in [0.4, 0.5) is 0 Å². The minimum Gasteiger partial charge on any atom is -0.288 e. The van der Waals surface area contributed by atoms with Crippen LogP contribution in [0.3, 0.4) is 0 Å². The van der Waals surface area contributed by atoms with Crippen LogP contribution in [-0.2, 0) is 0 Å². The van der Waals surface area contributed by atoms with E-state index in [4.69, 9.17) is 0 Å². The molecule has 0 saturated carbocycles. The van der Waals surface area contributed by atoms with Crippen molar-refractivity contribution in [2.75, 3.05) is 0 Å². The summed E-state index contributed by atoms with van der Waals surface area (Å²) in [6.07, 6.45) is 0. The number of benzene rings is 1. The maximum atomic E-state index is 12.2. The van der Waals surface area contributed by atoms with E-state index in [0.29, 0.717) is 0 Å². The van der Waals surface area contributed by atoms with Crippen molar-refractivity contribution >= 4 is 49.0 Å². The highest BCUT2D eigenvalue weighted by Crippen LogP contribution is 2.33. The van der Waals surface area contributed by atoms with Crippen LogP contribution in [-0.4, -0.2) is 5.78 Å². The number of aryl methyl sites for hydroxylation is 1. The summed E-state index contributed by atoms with van der Waals surface area (Å²) in [5.74, 6) is 0.0579. The first kappa shape index (κ1) is 12.0. The van der Waals surface area contributed by atoms with E-state index in [2.05, 4.69) is 31.9 Å². The van der Waals surface area contributed by atoms with Crippen molar-refractivity contribution < 1.29 is 4.79 Å². The van der Waals surface area contributed by atoms with Gasteiger partial charge in [0.2, 0.25) is 5.78 Å². The van der Waals surface area contributed by atoms with Gasteiger partial charge >= 0.3 is 0 Å². The largest absolute Gasteiger partial charge is 0.288 e. The second-order valence-electron chi connectivity index (χ2n) is 3.42. The first-order chi connectivity index (χ1) is 7.59. The van der Waals surface area contributed by atoms with Gasteiger partial charge in [0.15, 0.2) is 0 Å². The normalized spacial score (nSPS) is 10.4. The molecule has 0 N–H and O–H groups in total. The van der Waals surface area contributed by atoms with Crippen LogP contribution >= 0.6 is 43.2 Å². The van der Waals surface area contributed by atoms with E-state index >= 15 is 0 Å². The quantitative estimate of drug-likeness (QED) is 0.703. The number of hydrogen-bond donors (Lipinski definition) is 0. The molecule has 1 nitrogen and oxygen atoms in total. The highest BCUT2D eigenvalue weighted by atomic mass is 79.9. The first-order valence-electron chi connectivity index (χ1n) is 4.63. The van der Waals surface area contributed by atoms with Crippen LogP contribution in [0.2, 0.25) is 0 Å². The molecule has 0 aliphatic carbocycles. The van der Waals surface area contributed by atoms with Crippen molar-refractivity contribution in [1.29, 1.82) is 0 Å². The molecule has 0 amide bonds. The van der Waals surface area contributed by atoms with Gasteiger partial charge in [-0.05, 0) is 38.8 Å². The second-order valence-corrected chi connectivity index (χ2v) is 5.95. The fourth-order valence-corrected chi connectivity index (χ4v) is 3.43. The van der Waals surface area contributed by atoms with Gasteiger partial charge in [-0.15, -0.1) is 11.3 Å². The fourth-order valence-electron chi connectivity index (χ4n) is 1.31. The van der Waals surface area contributed by atoms with Crippen LogP contribution in [0.25, 0.3) is 0 Å². The van der Waals surface area contributed by atoms with E-state index in [1.54, 1.807) is 0 Å². The van der Waals surface area contributed by atoms with Crippen LogP contribution in [0, 0.1) is 6.92 Å². The predicted octanol–water partition coefficient (Wildman–Crippen LogP) is 4.81. The molecule has 82 valence electrons. The van der Waals surface area contributed by atoms with Crippen molar-refractivity contribution in [2.24, 2.45) is 0 Å². The third kappa shape index (κ3) is 2.29. The summed E-state index contributed by atoms with van der Waals surface area (Å²) in [6, 6.07) is 7.61. The molecule has 4 heteroatoms. The maximum absolute atomic E-state index is 12.2. The monoisotopic (exact) mass is 358 g/mol. The Morgan fingerprint density at radius 3 is 2.31 bits per heavy atom. The summed E-state index contributed by atoms with van der Waals surface area (Å²) in [5, 5.41) is 1.91. The van der Waals surface area contributed by atoms with Crippen molar-refractivity contribution in [3.05, 3.63) is 54.6 Å². The lowest BCUT2D eigenvalue weighted by Gasteiger charge is -2.00. The number of carbonyl (C=O) groups is 1. The van der Waals surface area contributed by atoms with Gasteiger partial charge in [0.05, 0.1) is 9.35 Å². The average molecular weight is 360 g/mol. The number of carbonyl (C=O) groups excluding carboxylic acids is 1. The zero-order chi connectivity index (χ0) is 11.7. The van der Waals surface area contributed by atoms with Crippen LogP contribution in [0.15, 0.2) is 38.6 Å². The van der Waals surface area contributed by atoms with Crippen molar-refractivity contribution in [3.8, 4) is 0 Å². The molecule has 16 heavy (non-hydrogen) atoms. The Hall–Kier alpha value is -0.450. The van der Waals surface area contributed by atoms with Crippen molar-refractivity contribution in [1.82, 2.24) is 0 Å². The van der Waals surface area contributed by atoms with Gasteiger partial charge in [0.25, 0.3) is 0 Å². The van der Waals surface area contributed by atoms with E-state index in [1.165, 1.54) is 11.3 Å². The lowest BCUT2D eigenvalue weighted by atomic mass is 10.1. The lowest BCUT2D eigenvalue weighted by Crippen LogP contribution is -1.99. The maximum Gasteiger partial charge on any atom is 0.204 e. The zero-order valence-corrected chi connectivity index (χ0v) is 12.4. The van der Waals surface area contributed by atoms with E-state index in [0.717, 1.165) is 24.9 Å². The molecule has 0 atom stereocenters. The number of rotatable bonds is 2. The smallest absolute Gasteiger partial charge is 0.204 e. The summed E-state index contributed by atoms with van der Waals surface area (Å²) in [6.45, 7) is 2.01. The van der Waals surface area contributed by atoms with E-state index in [9.17, 15) is 4.79 Å². The highest BCUT2D eigenvalue weighted by molar-refractivity contribution is 9.13. The molecule has 0 unspecified atom stereocenters. The molecule has 0 saturated heterocycles. The van der Waals surface area contributed by atoms with Gasteiger partial charge in [0, 0.05) is 15.4 Å². The first-order valence-corrected chi connectivity index (χ1v) is 7.10. The van der Waals surface area contributed by atoms with Gasteiger partial charge in [-0.2, -0.15) is 0 Å². The molecule has 0 aliphatic rings. The third-order valence-electron chi connectivity index (χ3n) is 2.21. The Morgan fingerprint density at radius 1 is 1.19 bits per heavy atom. The fraction of sp³-hybridized carbons (Fsp3) is 0.0833. The summed E-state index contributed by atoms with van der Waals surface area (Å²) < 4.78 is 1.76. The number of halogens is 2. The van der Waals surface area contributed by atoms with E-state index in [-0.39, 0.29) is 5.78 Å². The molecular weight excluding hydrogens is 352 g/mol. The summed E-state index contributed by atoms with van der Waals surface area (Å²) in [7, 11) is 0. The van der Waals surface area contributed by atoms with E-state index in [1.807, 2.05) is 36.6 Å². The molecule has 0 fully saturated rings. The van der Waals surface area contributed by atoms with Gasteiger partial charge in [0.1, 0.15) is 0 Å². The predicted molar refractivity (Wildman–Crippen MR) is 74.3 cm³/mol. The molecule has 0 aliphatic heterocycles. The molecule has 2 rings (SSSR count). The lowest BCUT2D eigenvalue weighted by molar-refractivity contribution is 0.104.